The van der Waals surface area contributed by atoms with Gasteiger partial charge in [0.15, 0.2) is 0 Å². The van der Waals surface area contributed by atoms with Crippen molar-refractivity contribution in [3.63, 3.8) is 0 Å². The Kier molecular flexibility index (Phi) is 13.1. The third-order valence-corrected chi connectivity index (χ3v) is 24.7. The number of likely N-dealkylation sites (tertiary alicyclic amines) is 1. The van der Waals surface area contributed by atoms with Crippen molar-refractivity contribution in [3.8, 4) is 0 Å². The molecule has 0 aromatic carbocycles. The second kappa shape index (κ2) is 18.4. The van der Waals surface area contributed by atoms with Gasteiger partial charge in [0.2, 0.25) is 0 Å². The molecular formula is C59H100N3O+. The van der Waals surface area contributed by atoms with Gasteiger partial charge in [-0.3, -0.25) is 5.01 Å². The SMILES string of the molecule is C[C@]12CCCC[C@@]1(C)[C@H]1CC[C@@]3(C)[C@H](CC[C@@]3(O)C[NH+]3C(C4CCCCC4)CC(C4CCC(N5N=C(C6CCCCC6)C[C@H]5C5CCCCC5)CC4)CC3C3CCCCC3)[C@@H]1CC2. The maximum atomic E-state index is 13.7. The smallest absolute Gasteiger partial charge is 0.119 e. The van der Waals surface area contributed by atoms with Gasteiger partial charge in [0.05, 0.1) is 18.1 Å². The van der Waals surface area contributed by atoms with E-state index in [0.29, 0.717) is 22.9 Å². The van der Waals surface area contributed by atoms with Crippen LogP contribution in [0.5, 0.6) is 0 Å². The first-order valence-electron chi connectivity index (χ1n) is 29.6. The monoisotopic (exact) mass is 867 g/mol. The van der Waals surface area contributed by atoms with Gasteiger partial charge in [0.25, 0.3) is 0 Å². The minimum atomic E-state index is -0.488. The Bertz CT molecular complexity index is 1530. The van der Waals surface area contributed by atoms with E-state index in [0.717, 1.165) is 78.3 Å². The molecule has 0 radical (unpaired) electrons. The zero-order valence-electron chi connectivity index (χ0n) is 41.7. The minimum absolute atomic E-state index is 0.105. The lowest BCUT2D eigenvalue weighted by Crippen LogP contribution is -3.23. The molecule has 2 N–H and O–H groups in total. The molecule has 0 bridgehead atoms. The van der Waals surface area contributed by atoms with Crippen LogP contribution in [0.2, 0.25) is 0 Å². The number of hydrazone groups is 1. The molecule has 63 heavy (non-hydrogen) atoms. The van der Waals surface area contributed by atoms with Crippen LogP contribution in [-0.2, 0) is 0 Å². The lowest BCUT2D eigenvalue weighted by molar-refractivity contribution is -0.971. The molecule has 0 aromatic rings. The largest absolute Gasteiger partial charge is 0.383 e. The van der Waals surface area contributed by atoms with E-state index in [-0.39, 0.29) is 5.41 Å². The molecule has 2 heterocycles. The molecule has 4 nitrogen and oxygen atoms in total. The number of aliphatic hydroxyl groups is 1. The molecule has 10 fully saturated rings. The van der Waals surface area contributed by atoms with Gasteiger partial charge in [-0.1, -0.05) is 111 Å². The molecular weight excluding hydrogens is 767 g/mol. The fourth-order valence-corrected chi connectivity index (χ4v) is 20.7. The second-order valence-electron chi connectivity index (χ2n) is 27.2. The number of fused-ring (bicyclic) bond motifs is 5. The summed E-state index contributed by atoms with van der Waals surface area (Å²) in [4.78, 5) is 1.98. The predicted octanol–water partition coefficient (Wildman–Crippen LogP) is 13.9. The third-order valence-electron chi connectivity index (χ3n) is 24.7. The summed E-state index contributed by atoms with van der Waals surface area (Å²) in [6.07, 6.45) is 53.1. The van der Waals surface area contributed by atoms with Crippen LogP contribution in [0.1, 0.15) is 258 Å². The zero-order valence-corrected chi connectivity index (χ0v) is 41.7. The Morgan fingerprint density at radius 2 is 1.06 bits per heavy atom. The fraction of sp³-hybridized carbons (Fsp3) is 0.983. The highest BCUT2D eigenvalue weighted by molar-refractivity contribution is 5.88. The van der Waals surface area contributed by atoms with Gasteiger partial charge in [0.1, 0.15) is 12.1 Å². The fourth-order valence-electron chi connectivity index (χ4n) is 20.7. The summed E-state index contributed by atoms with van der Waals surface area (Å²) in [5, 5.41) is 22.3. The number of nitrogens with zero attached hydrogens (tertiary/aromatic N) is 2. The van der Waals surface area contributed by atoms with Crippen molar-refractivity contribution in [1.29, 1.82) is 0 Å². The molecule has 2 unspecified atom stereocenters. The van der Waals surface area contributed by atoms with Crippen molar-refractivity contribution in [2.24, 2.45) is 74.6 Å². The average molecular weight is 867 g/mol. The van der Waals surface area contributed by atoms with Crippen LogP contribution in [0.3, 0.4) is 0 Å². The summed E-state index contributed by atoms with van der Waals surface area (Å²) in [5.41, 5.74) is 2.34. The number of piperidine rings is 1. The van der Waals surface area contributed by atoms with E-state index in [1.807, 2.05) is 4.90 Å². The number of nitrogens with one attached hydrogen (secondary N) is 1. The van der Waals surface area contributed by atoms with Crippen LogP contribution in [0.25, 0.3) is 0 Å². The number of quaternary nitrogens is 1. The number of hydrogen-bond donors (Lipinski definition) is 2. The van der Waals surface area contributed by atoms with Crippen LogP contribution < -0.4 is 4.90 Å². The Hall–Kier alpha value is -0.610. The lowest BCUT2D eigenvalue weighted by Gasteiger charge is -2.65. The van der Waals surface area contributed by atoms with E-state index >= 15 is 0 Å². The normalized spacial score (nSPS) is 48.6. The van der Waals surface area contributed by atoms with Gasteiger partial charge < -0.3 is 10.0 Å². The molecule has 9 saturated carbocycles. The predicted molar refractivity (Wildman–Crippen MR) is 262 cm³/mol. The Balaban J connectivity index is 0.830. The van der Waals surface area contributed by atoms with Gasteiger partial charge in [-0.15, -0.1) is 0 Å². The number of rotatable bonds is 8. The molecule has 0 aromatic heterocycles. The average Bonchev–Trinajstić information content (AvgIpc) is 3.89. The highest BCUT2D eigenvalue weighted by Crippen LogP contribution is 2.71. The summed E-state index contributed by atoms with van der Waals surface area (Å²) in [5.74, 6) is 7.79. The van der Waals surface area contributed by atoms with E-state index < -0.39 is 5.60 Å². The Morgan fingerprint density at radius 1 is 0.508 bits per heavy atom. The molecule has 11 rings (SSSR count). The van der Waals surface area contributed by atoms with Crippen LogP contribution in [0.15, 0.2) is 5.10 Å². The van der Waals surface area contributed by atoms with Crippen LogP contribution in [0, 0.1) is 69.5 Å². The molecule has 0 amide bonds. The third kappa shape index (κ3) is 8.11. The second-order valence-corrected chi connectivity index (χ2v) is 27.2. The summed E-state index contributed by atoms with van der Waals surface area (Å²) < 4.78 is 0. The molecule has 356 valence electrons. The van der Waals surface area contributed by atoms with Gasteiger partial charge in [0, 0.05) is 48.3 Å². The van der Waals surface area contributed by atoms with Crippen molar-refractivity contribution in [2.75, 3.05) is 6.54 Å². The first-order chi connectivity index (χ1) is 30.7. The molecule has 0 spiro atoms. The maximum Gasteiger partial charge on any atom is 0.119 e. The topological polar surface area (TPSA) is 40.3 Å². The van der Waals surface area contributed by atoms with E-state index in [9.17, 15) is 5.11 Å². The molecule has 4 heteroatoms. The van der Waals surface area contributed by atoms with Crippen molar-refractivity contribution in [1.82, 2.24) is 5.01 Å². The van der Waals surface area contributed by atoms with E-state index in [4.69, 9.17) is 5.10 Å². The van der Waals surface area contributed by atoms with E-state index in [1.165, 1.54) is 231 Å². The summed E-state index contributed by atoms with van der Waals surface area (Å²) in [6.45, 7) is 9.24. The van der Waals surface area contributed by atoms with E-state index in [1.54, 1.807) is 5.71 Å². The van der Waals surface area contributed by atoms with Gasteiger partial charge >= 0.3 is 0 Å². The zero-order chi connectivity index (χ0) is 42.8. The quantitative estimate of drug-likeness (QED) is 0.255. The first-order valence-corrected chi connectivity index (χ1v) is 29.6. The van der Waals surface area contributed by atoms with Crippen molar-refractivity contribution in [3.05, 3.63) is 0 Å². The van der Waals surface area contributed by atoms with Crippen LogP contribution in [0.4, 0.5) is 0 Å². The van der Waals surface area contributed by atoms with Crippen LogP contribution in [-0.4, -0.2) is 52.1 Å². The van der Waals surface area contributed by atoms with Crippen molar-refractivity contribution >= 4 is 5.71 Å². The Labute approximate surface area is 388 Å². The van der Waals surface area contributed by atoms with Crippen molar-refractivity contribution < 1.29 is 10.0 Å². The summed E-state index contributed by atoms with van der Waals surface area (Å²) in [6, 6.07) is 2.98. The van der Waals surface area contributed by atoms with Crippen molar-refractivity contribution in [2.45, 2.75) is 288 Å². The molecule has 1 saturated heterocycles. The van der Waals surface area contributed by atoms with E-state index in [2.05, 4.69) is 25.8 Å². The lowest BCUT2D eigenvalue weighted by atomic mass is 9.40. The maximum absolute atomic E-state index is 13.7. The van der Waals surface area contributed by atoms with Gasteiger partial charge in [-0.05, 0) is 181 Å². The molecule has 2 aliphatic heterocycles. The minimum Gasteiger partial charge on any atom is -0.383 e. The molecule has 9 aliphatic carbocycles. The summed E-state index contributed by atoms with van der Waals surface area (Å²) in [7, 11) is 0. The van der Waals surface area contributed by atoms with Crippen LogP contribution >= 0.6 is 0 Å². The highest BCUT2D eigenvalue weighted by Gasteiger charge is 2.68. The van der Waals surface area contributed by atoms with Gasteiger partial charge in [-0.25, -0.2) is 0 Å². The highest BCUT2D eigenvalue weighted by atomic mass is 16.3. The number of hydrogen-bond acceptors (Lipinski definition) is 3. The standard InChI is InChI=1S/C59H99N3O/c1-56-33-16-17-34-57(56,2)50-31-36-58(3)51(49(50)30-35-56)32-37-59(58,63)41-61-53(44-20-10-5-11-21-44)38-47(39-54(61)45-22-12-6-13-23-45)42-26-28-48(29-27-42)62-55(46-24-14-7-15-25-46)40-52(60-62)43-18-8-4-9-19-43/h42-51,53-55,63H,4-41H2,1-3H3/p+1/t42?,47?,48?,49-,50+,51-,53?,54?,55+,56-,57+,58+,59-/m1/s1. The van der Waals surface area contributed by atoms with Gasteiger partial charge in [-0.2, -0.15) is 5.10 Å². The Morgan fingerprint density at radius 3 is 1.70 bits per heavy atom. The first kappa shape index (κ1) is 44.9. The summed E-state index contributed by atoms with van der Waals surface area (Å²) >= 11 is 0. The molecule has 10 atom stereocenters. The molecule has 11 aliphatic rings.